The maximum Gasteiger partial charge on any atom is 0.416 e. The third kappa shape index (κ3) is 3.12. The van der Waals surface area contributed by atoms with E-state index in [1.165, 1.54) is 0 Å². The molecule has 0 aromatic carbocycles. The number of carbonyl (C=O) groups excluding carboxylic acids is 1. The van der Waals surface area contributed by atoms with Crippen LogP contribution in [0.1, 0.15) is 18.4 Å². The van der Waals surface area contributed by atoms with E-state index in [0.29, 0.717) is 12.8 Å². The molecule has 1 N–H and O–H groups in total. The van der Waals surface area contributed by atoms with Crippen LogP contribution in [0, 0.1) is 0 Å². The summed E-state index contributed by atoms with van der Waals surface area (Å²) in [6.07, 6.45) is -2.32. The number of carbonyl (C=O) groups is 1. The fourth-order valence-corrected chi connectivity index (χ4v) is 1.65. The topological polar surface area (TPSA) is 51.2 Å². The quantitative estimate of drug-likeness (QED) is 0.900. The van der Waals surface area contributed by atoms with Crippen LogP contribution >= 0.6 is 0 Å². The molecule has 1 aliphatic rings. The van der Waals surface area contributed by atoms with Gasteiger partial charge in [-0.3, -0.25) is 4.79 Å². The van der Waals surface area contributed by atoms with Crippen molar-refractivity contribution >= 4 is 5.91 Å². The zero-order chi connectivity index (χ0) is 13.2. The van der Waals surface area contributed by atoms with E-state index in [9.17, 15) is 18.0 Å². The van der Waals surface area contributed by atoms with E-state index in [0.717, 1.165) is 18.3 Å². The molecule has 98 valence electrons. The predicted molar refractivity (Wildman–Crippen MR) is 55.9 cm³/mol. The lowest BCUT2D eigenvalue weighted by Gasteiger charge is -2.12. The van der Waals surface area contributed by atoms with Gasteiger partial charge in [-0.15, -0.1) is 0 Å². The van der Waals surface area contributed by atoms with Crippen molar-refractivity contribution in [2.45, 2.75) is 25.1 Å². The highest BCUT2D eigenvalue weighted by Crippen LogP contribution is 2.30. The Balaban J connectivity index is 1.95. The first kappa shape index (κ1) is 12.7. The highest BCUT2D eigenvalue weighted by atomic mass is 19.4. The molecular weight excluding hydrogens is 249 g/mol. The minimum absolute atomic E-state index is 0.0689. The van der Waals surface area contributed by atoms with Crippen LogP contribution in [0.15, 0.2) is 18.3 Å². The Bertz CT molecular complexity index is 448. The second kappa shape index (κ2) is 4.83. The highest BCUT2D eigenvalue weighted by Gasteiger charge is 2.31. The summed E-state index contributed by atoms with van der Waals surface area (Å²) in [4.78, 5) is 14.6. The molecule has 7 heteroatoms. The number of rotatable bonds is 3. The monoisotopic (exact) mass is 260 g/mol. The largest absolute Gasteiger partial charge is 0.475 e. The number of hydrogen-bond donors (Lipinski definition) is 1. The van der Waals surface area contributed by atoms with Crippen LogP contribution in [0.4, 0.5) is 13.2 Å². The first-order valence-corrected chi connectivity index (χ1v) is 5.40. The summed E-state index contributed by atoms with van der Waals surface area (Å²) in [5.41, 5.74) is -0.803. The van der Waals surface area contributed by atoms with Crippen LogP contribution in [0.3, 0.4) is 0 Å². The van der Waals surface area contributed by atoms with Crippen molar-refractivity contribution in [3.8, 4) is 5.88 Å². The predicted octanol–water partition coefficient (Wildman–Crippen LogP) is 1.76. The Labute approximate surface area is 101 Å². The zero-order valence-corrected chi connectivity index (χ0v) is 9.33. The Morgan fingerprint density at radius 1 is 1.50 bits per heavy atom. The van der Waals surface area contributed by atoms with Gasteiger partial charge in [0.2, 0.25) is 11.8 Å². The molecular formula is C11H11F3N2O2. The molecule has 2 rings (SSSR count). The van der Waals surface area contributed by atoms with Crippen LogP contribution in [0.25, 0.3) is 0 Å². The van der Waals surface area contributed by atoms with Gasteiger partial charge in [0.25, 0.3) is 0 Å². The van der Waals surface area contributed by atoms with Crippen molar-refractivity contribution in [1.82, 2.24) is 10.3 Å². The molecule has 1 aliphatic heterocycles. The Hall–Kier alpha value is -1.79. The van der Waals surface area contributed by atoms with E-state index in [1.807, 2.05) is 0 Å². The van der Waals surface area contributed by atoms with E-state index in [2.05, 4.69) is 10.3 Å². The summed E-state index contributed by atoms with van der Waals surface area (Å²) in [7, 11) is 0. The molecule has 1 unspecified atom stereocenters. The summed E-state index contributed by atoms with van der Waals surface area (Å²) in [5.74, 6) is -0.161. The van der Waals surface area contributed by atoms with Gasteiger partial charge in [0.05, 0.1) is 11.6 Å². The number of alkyl halides is 3. The summed E-state index contributed by atoms with van der Waals surface area (Å²) in [5, 5.41) is 2.66. The second-order valence-electron chi connectivity index (χ2n) is 3.99. The molecule has 1 aromatic heterocycles. The van der Waals surface area contributed by atoms with E-state index < -0.39 is 11.7 Å². The Kier molecular flexibility index (Phi) is 3.40. The van der Waals surface area contributed by atoms with E-state index in [4.69, 9.17) is 4.74 Å². The fourth-order valence-electron chi connectivity index (χ4n) is 1.65. The van der Waals surface area contributed by atoms with Crippen molar-refractivity contribution in [1.29, 1.82) is 0 Å². The van der Waals surface area contributed by atoms with Crippen molar-refractivity contribution < 1.29 is 22.7 Å². The number of nitrogens with zero attached hydrogens (tertiary/aromatic N) is 1. The molecule has 1 aromatic rings. The number of pyridine rings is 1. The first-order valence-electron chi connectivity index (χ1n) is 5.40. The van der Waals surface area contributed by atoms with Gasteiger partial charge < -0.3 is 10.1 Å². The van der Waals surface area contributed by atoms with Crippen LogP contribution in [0.5, 0.6) is 5.88 Å². The van der Waals surface area contributed by atoms with E-state index >= 15 is 0 Å². The van der Waals surface area contributed by atoms with Crippen LogP contribution < -0.4 is 10.1 Å². The fraction of sp³-hybridized carbons (Fsp3) is 0.455. The average Bonchev–Trinajstić information content (AvgIpc) is 2.72. The maximum absolute atomic E-state index is 12.4. The molecule has 0 bridgehead atoms. The highest BCUT2D eigenvalue weighted by molar-refractivity contribution is 5.78. The number of nitrogens with one attached hydrogen (secondary N) is 1. The van der Waals surface area contributed by atoms with Gasteiger partial charge in [-0.25, -0.2) is 4.98 Å². The lowest BCUT2D eigenvalue weighted by Crippen LogP contribution is -2.31. The number of aromatic nitrogens is 1. The van der Waals surface area contributed by atoms with Crippen molar-refractivity contribution in [2.24, 2.45) is 0 Å². The standard InChI is InChI=1S/C11H11F3N2O2/c12-11(13,14)7-3-4-15-10(5-7)18-6-8-1-2-9(17)16-8/h3-5,8H,1-2,6H2,(H,16,17). The second-order valence-corrected chi connectivity index (χ2v) is 3.99. The Morgan fingerprint density at radius 2 is 2.28 bits per heavy atom. The molecule has 1 saturated heterocycles. The molecule has 1 amide bonds. The van der Waals surface area contributed by atoms with Gasteiger partial charge >= 0.3 is 6.18 Å². The summed E-state index contributed by atoms with van der Waals surface area (Å²) < 4.78 is 42.4. The minimum Gasteiger partial charge on any atom is -0.475 e. The van der Waals surface area contributed by atoms with Gasteiger partial charge in [-0.2, -0.15) is 13.2 Å². The lowest BCUT2D eigenvalue weighted by molar-refractivity contribution is -0.137. The smallest absolute Gasteiger partial charge is 0.416 e. The van der Waals surface area contributed by atoms with Crippen LogP contribution in [0.2, 0.25) is 0 Å². The zero-order valence-electron chi connectivity index (χ0n) is 9.33. The summed E-state index contributed by atoms with van der Waals surface area (Å²) >= 11 is 0. The van der Waals surface area contributed by atoms with Crippen LogP contribution in [-0.4, -0.2) is 23.5 Å². The van der Waals surface area contributed by atoms with Gasteiger partial charge in [-0.05, 0) is 12.5 Å². The van der Waals surface area contributed by atoms with Crippen molar-refractivity contribution in [2.75, 3.05) is 6.61 Å². The molecule has 0 aliphatic carbocycles. The average molecular weight is 260 g/mol. The number of amides is 1. The normalized spacial score (nSPS) is 19.7. The SMILES string of the molecule is O=C1CCC(COc2cc(C(F)(F)F)ccn2)N1. The molecule has 4 nitrogen and oxygen atoms in total. The first-order chi connectivity index (χ1) is 8.45. The molecule has 0 radical (unpaired) electrons. The summed E-state index contributed by atoms with van der Waals surface area (Å²) in [6.45, 7) is 0.125. The van der Waals surface area contributed by atoms with Gasteiger partial charge in [-0.1, -0.05) is 0 Å². The summed E-state index contributed by atoms with van der Waals surface area (Å²) in [6, 6.07) is 1.56. The number of ether oxygens (including phenoxy) is 1. The molecule has 1 atom stereocenters. The van der Waals surface area contributed by atoms with Crippen molar-refractivity contribution in [3.63, 3.8) is 0 Å². The van der Waals surface area contributed by atoms with E-state index in [1.54, 1.807) is 0 Å². The lowest BCUT2D eigenvalue weighted by atomic mass is 10.2. The number of halogens is 3. The third-order valence-corrected chi connectivity index (χ3v) is 2.58. The van der Waals surface area contributed by atoms with E-state index in [-0.39, 0.29) is 24.4 Å². The number of hydrogen-bond acceptors (Lipinski definition) is 3. The molecule has 1 fully saturated rings. The van der Waals surface area contributed by atoms with Gasteiger partial charge in [0.15, 0.2) is 0 Å². The molecule has 0 spiro atoms. The molecule has 18 heavy (non-hydrogen) atoms. The Morgan fingerprint density at radius 3 is 2.89 bits per heavy atom. The van der Waals surface area contributed by atoms with Gasteiger partial charge in [0, 0.05) is 18.7 Å². The minimum atomic E-state index is -4.41. The van der Waals surface area contributed by atoms with Gasteiger partial charge in [0.1, 0.15) is 6.61 Å². The maximum atomic E-state index is 12.4. The molecule has 2 heterocycles. The van der Waals surface area contributed by atoms with Crippen molar-refractivity contribution in [3.05, 3.63) is 23.9 Å². The third-order valence-electron chi connectivity index (χ3n) is 2.58. The molecule has 0 saturated carbocycles. The van der Waals surface area contributed by atoms with Crippen LogP contribution in [-0.2, 0) is 11.0 Å².